The maximum absolute atomic E-state index is 11.9. The van der Waals surface area contributed by atoms with E-state index in [9.17, 15) is 19.7 Å². The number of ketones is 1. The van der Waals surface area contributed by atoms with E-state index in [0.29, 0.717) is 6.42 Å². The van der Waals surface area contributed by atoms with Gasteiger partial charge in [-0.3, -0.25) is 19.7 Å². The molecule has 1 aromatic rings. The molecule has 0 N–H and O–H groups in total. The first-order valence-corrected chi connectivity index (χ1v) is 6.19. The molecular formula is C13H13NO6. The minimum absolute atomic E-state index is 0.135. The topological polar surface area (TPSA) is 95.7 Å². The van der Waals surface area contributed by atoms with Crippen molar-refractivity contribution in [2.24, 2.45) is 0 Å². The second-order valence-corrected chi connectivity index (χ2v) is 4.35. The largest absolute Gasteiger partial charge is 0.454 e. The lowest BCUT2D eigenvalue weighted by Gasteiger charge is -2.24. The Balaban J connectivity index is 2.16. The number of carbonyl (C=O) groups excluding carboxylic acids is 2. The zero-order chi connectivity index (χ0) is 14.7. The molecule has 1 aliphatic heterocycles. The number of Topliss-reactive ketones (excluding diaryl/α,β-unsaturated/α-hetero) is 1. The standard InChI is InChI=1S/C13H13NO6/c1-2-3-12(16)20-13-7-10(15)9-6-8(14(17)18)4-5-11(9)19-13/h4-6,13H,2-3,7H2,1H3. The molecule has 1 aliphatic rings. The van der Waals surface area contributed by atoms with E-state index in [1.807, 2.05) is 6.92 Å². The molecule has 20 heavy (non-hydrogen) atoms. The molecule has 0 saturated heterocycles. The Labute approximate surface area is 114 Å². The van der Waals surface area contributed by atoms with Gasteiger partial charge in [-0.1, -0.05) is 6.92 Å². The van der Waals surface area contributed by atoms with Gasteiger partial charge in [0.15, 0.2) is 5.78 Å². The normalized spacial score (nSPS) is 17.1. The molecule has 1 aromatic carbocycles. The molecule has 0 bridgehead atoms. The highest BCUT2D eigenvalue weighted by Gasteiger charge is 2.30. The molecule has 0 aliphatic carbocycles. The molecule has 0 spiro atoms. The van der Waals surface area contributed by atoms with E-state index in [1.165, 1.54) is 18.2 Å². The molecule has 7 heteroatoms. The Morgan fingerprint density at radius 3 is 2.95 bits per heavy atom. The van der Waals surface area contributed by atoms with Crippen molar-refractivity contribution < 1.29 is 24.0 Å². The number of non-ortho nitro benzene ring substituents is 1. The van der Waals surface area contributed by atoms with Gasteiger partial charge in [0.05, 0.1) is 16.9 Å². The van der Waals surface area contributed by atoms with E-state index < -0.39 is 17.2 Å². The van der Waals surface area contributed by atoms with Crippen LogP contribution in [0, 0.1) is 10.1 Å². The quantitative estimate of drug-likeness (QED) is 0.476. The van der Waals surface area contributed by atoms with Gasteiger partial charge < -0.3 is 9.47 Å². The fourth-order valence-electron chi connectivity index (χ4n) is 1.87. The minimum Gasteiger partial charge on any atom is -0.454 e. The van der Waals surface area contributed by atoms with Crippen LogP contribution in [-0.4, -0.2) is 23.0 Å². The first-order chi connectivity index (χ1) is 9.51. The van der Waals surface area contributed by atoms with Gasteiger partial charge in [-0.15, -0.1) is 0 Å². The lowest BCUT2D eigenvalue weighted by atomic mass is 10.0. The van der Waals surface area contributed by atoms with Crippen molar-refractivity contribution in [3.63, 3.8) is 0 Å². The number of hydrogen-bond acceptors (Lipinski definition) is 6. The minimum atomic E-state index is -0.962. The predicted octanol–water partition coefficient (Wildman–Crippen LogP) is 2.23. The average molecular weight is 279 g/mol. The van der Waals surface area contributed by atoms with Crippen LogP contribution in [0.3, 0.4) is 0 Å². The Kier molecular flexibility index (Phi) is 3.97. The van der Waals surface area contributed by atoms with Crippen LogP contribution >= 0.6 is 0 Å². The summed E-state index contributed by atoms with van der Waals surface area (Å²) in [7, 11) is 0. The summed E-state index contributed by atoms with van der Waals surface area (Å²) in [6.45, 7) is 1.84. The lowest BCUT2D eigenvalue weighted by molar-refractivity contribution is -0.384. The van der Waals surface area contributed by atoms with Crippen LogP contribution in [0.2, 0.25) is 0 Å². The van der Waals surface area contributed by atoms with Gasteiger partial charge in [0.25, 0.3) is 12.0 Å². The Morgan fingerprint density at radius 2 is 2.30 bits per heavy atom. The van der Waals surface area contributed by atoms with Gasteiger partial charge in [0.2, 0.25) is 0 Å². The molecule has 0 amide bonds. The number of ether oxygens (including phenoxy) is 2. The number of nitro groups is 1. The first-order valence-electron chi connectivity index (χ1n) is 6.19. The highest BCUT2D eigenvalue weighted by molar-refractivity contribution is 6.00. The zero-order valence-corrected chi connectivity index (χ0v) is 10.8. The summed E-state index contributed by atoms with van der Waals surface area (Å²) in [6.07, 6.45) is -0.205. The van der Waals surface area contributed by atoms with Crippen molar-refractivity contribution in [1.82, 2.24) is 0 Å². The van der Waals surface area contributed by atoms with Crippen molar-refractivity contribution in [1.29, 1.82) is 0 Å². The van der Waals surface area contributed by atoms with Crippen LogP contribution in [0.4, 0.5) is 5.69 Å². The average Bonchev–Trinajstić information content (AvgIpc) is 2.38. The summed E-state index contributed by atoms with van der Waals surface area (Å²) >= 11 is 0. The van der Waals surface area contributed by atoms with Crippen molar-refractivity contribution in [2.75, 3.05) is 0 Å². The molecular weight excluding hydrogens is 266 g/mol. The monoisotopic (exact) mass is 279 g/mol. The summed E-state index contributed by atoms with van der Waals surface area (Å²) < 4.78 is 10.4. The van der Waals surface area contributed by atoms with Gasteiger partial charge in [-0.25, -0.2) is 0 Å². The van der Waals surface area contributed by atoms with Crippen LogP contribution in [-0.2, 0) is 9.53 Å². The number of nitrogens with zero attached hydrogens (tertiary/aromatic N) is 1. The number of nitro benzene ring substituents is 1. The highest BCUT2D eigenvalue weighted by Crippen LogP contribution is 2.31. The van der Waals surface area contributed by atoms with E-state index in [2.05, 4.69) is 0 Å². The number of carbonyl (C=O) groups is 2. The van der Waals surface area contributed by atoms with Crippen molar-refractivity contribution >= 4 is 17.4 Å². The van der Waals surface area contributed by atoms with Crippen LogP contribution in [0.5, 0.6) is 5.75 Å². The van der Waals surface area contributed by atoms with E-state index in [-0.39, 0.29) is 35.6 Å². The van der Waals surface area contributed by atoms with E-state index in [0.717, 1.165) is 0 Å². The molecule has 7 nitrogen and oxygen atoms in total. The second-order valence-electron chi connectivity index (χ2n) is 4.35. The highest BCUT2D eigenvalue weighted by atomic mass is 16.7. The van der Waals surface area contributed by atoms with Gasteiger partial charge in [0.1, 0.15) is 5.75 Å². The Hall–Kier alpha value is -2.44. The maximum Gasteiger partial charge on any atom is 0.308 e. The van der Waals surface area contributed by atoms with Gasteiger partial charge in [-0.05, 0) is 12.5 Å². The summed E-state index contributed by atoms with van der Waals surface area (Å²) in [5.74, 6) is -0.582. The molecule has 106 valence electrons. The third-order valence-corrected chi connectivity index (χ3v) is 2.80. The summed E-state index contributed by atoms with van der Waals surface area (Å²) in [5, 5.41) is 10.7. The smallest absolute Gasteiger partial charge is 0.308 e. The van der Waals surface area contributed by atoms with Crippen LogP contribution in [0.1, 0.15) is 36.5 Å². The van der Waals surface area contributed by atoms with Crippen molar-refractivity contribution in [3.8, 4) is 5.75 Å². The number of esters is 1. The first kappa shape index (κ1) is 14.0. The zero-order valence-electron chi connectivity index (χ0n) is 10.8. The SMILES string of the molecule is CCCC(=O)OC1CC(=O)c2cc([N+](=O)[O-])ccc2O1. The third-order valence-electron chi connectivity index (χ3n) is 2.80. The molecule has 2 rings (SSSR count). The van der Waals surface area contributed by atoms with Crippen LogP contribution in [0.15, 0.2) is 18.2 Å². The molecule has 0 fully saturated rings. The third kappa shape index (κ3) is 2.93. The van der Waals surface area contributed by atoms with E-state index in [1.54, 1.807) is 0 Å². The Bertz CT molecular complexity index is 568. The summed E-state index contributed by atoms with van der Waals surface area (Å²) in [4.78, 5) is 33.4. The van der Waals surface area contributed by atoms with Crippen LogP contribution < -0.4 is 4.74 Å². The molecule has 0 saturated carbocycles. The molecule has 0 radical (unpaired) electrons. The fraction of sp³-hybridized carbons (Fsp3) is 0.385. The van der Waals surface area contributed by atoms with E-state index >= 15 is 0 Å². The van der Waals surface area contributed by atoms with E-state index in [4.69, 9.17) is 9.47 Å². The Morgan fingerprint density at radius 1 is 1.55 bits per heavy atom. The lowest BCUT2D eigenvalue weighted by Crippen LogP contribution is -2.31. The van der Waals surface area contributed by atoms with Crippen LogP contribution in [0.25, 0.3) is 0 Å². The summed E-state index contributed by atoms with van der Waals surface area (Å²) in [6, 6.07) is 3.75. The molecule has 1 heterocycles. The number of fused-ring (bicyclic) bond motifs is 1. The van der Waals surface area contributed by atoms with Crippen molar-refractivity contribution in [2.45, 2.75) is 32.5 Å². The maximum atomic E-state index is 11.9. The summed E-state index contributed by atoms with van der Waals surface area (Å²) in [5.41, 5.74) is -0.0379. The number of hydrogen-bond donors (Lipinski definition) is 0. The molecule has 0 aromatic heterocycles. The van der Waals surface area contributed by atoms with Gasteiger partial charge in [-0.2, -0.15) is 0 Å². The molecule has 1 unspecified atom stereocenters. The number of benzene rings is 1. The van der Waals surface area contributed by atoms with Gasteiger partial charge in [0, 0.05) is 18.6 Å². The molecule has 1 atom stereocenters. The number of rotatable bonds is 4. The fourth-order valence-corrected chi connectivity index (χ4v) is 1.87. The van der Waals surface area contributed by atoms with Crippen molar-refractivity contribution in [3.05, 3.63) is 33.9 Å². The predicted molar refractivity (Wildman–Crippen MR) is 67.5 cm³/mol. The second kappa shape index (κ2) is 5.68. The van der Waals surface area contributed by atoms with Gasteiger partial charge >= 0.3 is 5.97 Å².